The second-order valence-electron chi connectivity index (χ2n) is 3.19. The molecule has 13 heavy (non-hydrogen) atoms. The summed E-state index contributed by atoms with van der Waals surface area (Å²) in [5, 5.41) is 8.42. The molecule has 0 aromatic rings. The third-order valence-electron chi connectivity index (χ3n) is 2.12. The molecule has 1 heterocycles. The molecule has 0 spiro atoms. The van der Waals surface area contributed by atoms with E-state index in [9.17, 15) is 13.6 Å². The number of rotatable bonds is 2. The Labute approximate surface area is 88.6 Å². The third kappa shape index (κ3) is 3.01. The zero-order valence-corrected chi connectivity index (χ0v) is 9.00. The van der Waals surface area contributed by atoms with Crippen LogP contribution in [0, 0.1) is 5.92 Å². The van der Waals surface area contributed by atoms with E-state index >= 15 is 0 Å². The summed E-state index contributed by atoms with van der Waals surface area (Å²) >= 11 is 1.83. The average Bonchev–Trinajstić information content (AvgIpc) is 1.93. The first-order valence-electron chi connectivity index (χ1n) is 3.92. The maximum atomic E-state index is 13.2. The summed E-state index contributed by atoms with van der Waals surface area (Å²) in [6.07, 6.45) is -0.181. The minimum absolute atomic E-state index is 0.252. The maximum Gasteiger partial charge on any atom is 0.303 e. The molecule has 0 unspecified atom stereocenters. The largest absolute Gasteiger partial charge is 0.481 e. The van der Waals surface area contributed by atoms with E-state index in [0.717, 1.165) is 0 Å². The Hall–Kier alpha value is 0.0200. The van der Waals surface area contributed by atoms with Crippen LogP contribution >= 0.6 is 22.9 Å². The van der Waals surface area contributed by atoms with Gasteiger partial charge in [-0.05, 0) is 6.42 Å². The molecule has 6 heteroatoms. The number of alkyl halides is 2. The van der Waals surface area contributed by atoms with Gasteiger partial charge in [0.05, 0.1) is 13.0 Å². The number of carboxylic acids is 1. The van der Waals surface area contributed by atoms with Crippen molar-refractivity contribution in [1.29, 1.82) is 0 Å². The van der Waals surface area contributed by atoms with Gasteiger partial charge >= 0.3 is 5.97 Å². The van der Waals surface area contributed by atoms with E-state index in [0.29, 0.717) is 6.54 Å². The molecule has 0 aromatic carbocycles. The Morgan fingerprint density at radius 1 is 1.69 bits per heavy atom. The monoisotopic (exact) mass is 305 g/mol. The Balaban J connectivity index is 2.59. The highest BCUT2D eigenvalue weighted by Gasteiger charge is 2.44. The highest BCUT2D eigenvalue weighted by atomic mass is 127. The van der Waals surface area contributed by atoms with Crippen LogP contribution in [0.2, 0.25) is 0 Å². The number of nitrogens with zero attached hydrogens (tertiary/aromatic N) is 1. The van der Waals surface area contributed by atoms with Crippen LogP contribution in [0.15, 0.2) is 0 Å². The van der Waals surface area contributed by atoms with Gasteiger partial charge in [-0.25, -0.2) is 11.9 Å². The number of halogens is 3. The number of piperidine rings is 1. The minimum atomic E-state index is -2.86. The molecule has 1 N–H and O–H groups in total. The molecule has 1 aliphatic heterocycles. The molecular weight excluding hydrogens is 295 g/mol. The van der Waals surface area contributed by atoms with Crippen molar-refractivity contribution in [2.24, 2.45) is 5.92 Å². The first-order valence-corrected chi connectivity index (χ1v) is 4.88. The second-order valence-corrected chi connectivity index (χ2v) is 4.55. The van der Waals surface area contributed by atoms with Crippen LogP contribution in [-0.2, 0) is 4.79 Å². The van der Waals surface area contributed by atoms with Crippen LogP contribution in [-0.4, -0.2) is 33.2 Å². The molecule has 1 rings (SSSR count). The van der Waals surface area contributed by atoms with Gasteiger partial charge in [-0.15, -0.1) is 0 Å². The van der Waals surface area contributed by atoms with Gasteiger partial charge in [0.25, 0.3) is 5.92 Å². The lowest BCUT2D eigenvalue weighted by atomic mass is 9.91. The van der Waals surface area contributed by atoms with Crippen molar-refractivity contribution in [2.45, 2.75) is 18.8 Å². The minimum Gasteiger partial charge on any atom is -0.481 e. The Morgan fingerprint density at radius 3 is 2.77 bits per heavy atom. The van der Waals surface area contributed by atoms with Gasteiger partial charge in [0.15, 0.2) is 0 Å². The summed E-state index contributed by atoms with van der Waals surface area (Å²) in [6.45, 7) is 0.194. The van der Waals surface area contributed by atoms with Crippen molar-refractivity contribution < 1.29 is 18.7 Å². The van der Waals surface area contributed by atoms with Crippen molar-refractivity contribution in [3.8, 4) is 0 Å². The summed E-state index contributed by atoms with van der Waals surface area (Å²) in [5.74, 6) is -5.01. The SMILES string of the molecule is O=C(O)C[C@H]1CCN(I)CC1(F)F. The van der Waals surface area contributed by atoms with Crippen LogP contribution < -0.4 is 0 Å². The average molecular weight is 305 g/mol. The number of carboxylic acid groups (broad SMARTS) is 1. The summed E-state index contributed by atoms with van der Waals surface area (Å²) in [6, 6.07) is 0. The van der Waals surface area contributed by atoms with Gasteiger partial charge in [-0.1, -0.05) is 0 Å². The molecule has 1 aliphatic rings. The Morgan fingerprint density at radius 2 is 2.31 bits per heavy atom. The number of aliphatic carboxylic acids is 1. The number of hydrogen-bond donors (Lipinski definition) is 1. The first kappa shape index (κ1) is 11.1. The molecule has 0 aromatic heterocycles. The molecule has 1 atom stereocenters. The quantitative estimate of drug-likeness (QED) is 0.624. The summed E-state index contributed by atoms with van der Waals surface area (Å²) in [7, 11) is 0. The van der Waals surface area contributed by atoms with Gasteiger partial charge in [0, 0.05) is 35.3 Å². The zero-order valence-electron chi connectivity index (χ0n) is 6.84. The molecule has 1 fully saturated rings. The molecule has 0 aliphatic carbocycles. The topological polar surface area (TPSA) is 40.5 Å². The van der Waals surface area contributed by atoms with Gasteiger partial charge < -0.3 is 5.11 Å². The van der Waals surface area contributed by atoms with E-state index in [1.165, 1.54) is 3.11 Å². The fourth-order valence-corrected chi connectivity index (χ4v) is 2.14. The Kier molecular flexibility index (Phi) is 3.44. The van der Waals surface area contributed by atoms with Crippen molar-refractivity contribution in [1.82, 2.24) is 3.11 Å². The lowest BCUT2D eigenvalue weighted by Crippen LogP contribution is -2.45. The van der Waals surface area contributed by atoms with E-state index < -0.39 is 24.2 Å². The molecule has 0 bridgehead atoms. The predicted molar refractivity (Wildman–Crippen MR) is 50.9 cm³/mol. The predicted octanol–water partition coefficient (Wildman–Crippen LogP) is 1.77. The molecule has 76 valence electrons. The van der Waals surface area contributed by atoms with Crippen LogP contribution in [0.4, 0.5) is 8.78 Å². The molecule has 1 saturated heterocycles. The van der Waals surface area contributed by atoms with Crippen molar-refractivity contribution in [2.75, 3.05) is 13.1 Å². The highest BCUT2D eigenvalue weighted by molar-refractivity contribution is 14.1. The standard InChI is InChI=1S/C7H10F2INO2/c8-7(9)4-11(10)2-1-5(7)3-6(12)13/h5H,1-4H2,(H,12,13)/t5-/m1/s1. The molecular formula is C7H10F2INO2. The summed E-state index contributed by atoms with van der Waals surface area (Å²) in [4.78, 5) is 10.3. The van der Waals surface area contributed by atoms with Crippen LogP contribution in [0.3, 0.4) is 0 Å². The van der Waals surface area contributed by atoms with E-state index in [1.807, 2.05) is 22.9 Å². The molecule has 0 radical (unpaired) electrons. The van der Waals surface area contributed by atoms with Gasteiger partial charge in [0.2, 0.25) is 0 Å². The van der Waals surface area contributed by atoms with Crippen LogP contribution in [0.1, 0.15) is 12.8 Å². The number of hydrogen-bond acceptors (Lipinski definition) is 2. The number of carbonyl (C=O) groups is 1. The maximum absolute atomic E-state index is 13.2. The van der Waals surface area contributed by atoms with Gasteiger partial charge in [-0.3, -0.25) is 4.79 Å². The lowest BCUT2D eigenvalue weighted by Gasteiger charge is -2.34. The van der Waals surface area contributed by atoms with Crippen LogP contribution in [0.5, 0.6) is 0 Å². The van der Waals surface area contributed by atoms with E-state index in [2.05, 4.69) is 0 Å². The van der Waals surface area contributed by atoms with Crippen molar-refractivity contribution in [3.63, 3.8) is 0 Å². The van der Waals surface area contributed by atoms with E-state index in [1.54, 1.807) is 0 Å². The zero-order chi connectivity index (χ0) is 10.1. The van der Waals surface area contributed by atoms with Gasteiger partial charge in [-0.2, -0.15) is 0 Å². The fourth-order valence-electron chi connectivity index (χ4n) is 1.41. The fraction of sp³-hybridized carbons (Fsp3) is 0.857. The smallest absolute Gasteiger partial charge is 0.303 e. The normalized spacial score (nSPS) is 28.7. The lowest BCUT2D eigenvalue weighted by molar-refractivity contribution is -0.146. The third-order valence-corrected chi connectivity index (χ3v) is 2.94. The summed E-state index contributed by atoms with van der Waals surface area (Å²) in [5.41, 5.74) is 0. The molecule has 0 amide bonds. The van der Waals surface area contributed by atoms with Crippen molar-refractivity contribution in [3.05, 3.63) is 0 Å². The molecule has 3 nitrogen and oxygen atoms in total. The second kappa shape index (κ2) is 4.04. The highest BCUT2D eigenvalue weighted by Crippen LogP contribution is 2.36. The van der Waals surface area contributed by atoms with E-state index in [4.69, 9.17) is 5.11 Å². The van der Waals surface area contributed by atoms with Gasteiger partial charge in [0.1, 0.15) is 0 Å². The van der Waals surface area contributed by atoms with Crippen molar-refractivity contribution >= 4 is 28.8 Å². The summed E-state index contributed by atoms with van der Waals surface area (Å²) < 4.78 is 27.8. The Bertz CT molecular complexity index is 213. The van der Waals surface area contributed by atoms with E-state index in [-0.39, 0.29) is 13.0 Å². The molecule has 0 saturated carbocycles. The first-order chi connectivity index (χ1) is 5.92. The van der Waals surface area contributed by atoms with Crippen LogP contribution in [0.25, 0.3) is 0 Å².